The SMILES string of the molecule is CCCc1ccc2nc3c(c(NC)c2c1)COCC3. The van der Waals surface area contributed by atoms with Gasteiger partial charge in [0.1, 0.15) is 0 Å². The van der Waals surface area contributed by atoms with Gasteiger partial charge >= 0.3 is 0 Å². The van der Waals surface area contributed by atoms with Gasteiger partial charge in [0, 0.05) is 24.4 Å². The van der Waals surface area contributed by atoms with Crippen molar-refractivity contribution in [3.8, 4) is 0 Å². The van der Waals surface area contributed by atoms with Gasteiger partial charge in [0.2, 0.25) is 0 Å². The Balaban J connectivity index is 2.22. The predicted molar refractivity (Wildman–Crippen MR) is 78.6 cm³/mol. The molecule has 0 bridgehead atoms. The molecule has 100 valence electrons. The molecule has 1 aromatic heterocycles. The third-order valence-corrected chi connectivity index (χ3v) is 3.75. The summed E-state index contributed by atoms with van der Waals surface area (Å²) in [6.45, 7) is 3.66. The summed E-state index contributed by atoms with van der Waals surface area (Å²) < 4.78 is 5.59. The molecule has 3 nitrogen and oxygen atoms in total. The topological polar surface area (TPSA) is 34.2 Å². The average molecular weight is 256 g/mol. The van der Waals surface area contributed by atoms with Crippen LogP contribution in [-0.4, -0.2) is 18.6 Å². The first-order valence-corrected chi connectivity index (χ1v) is 7.03. The third kappa shape index (κ3) is 2.19. The summed E-state index contributed by atoms with van der Waals surface area (Å²) in [7, 11) is 1.98. The van der Waals surface area contributed by atoms with Gasteiger partial charge < -0.3 is 10.1 Å². The molecule has 0 radical (unpaired) electrons. The summed E-state index contributed by atoms with van der Waals surface area (Å²) in [4.78, 5) is 4.81. The van der Waals surface area contributed by atoms with Gasteiger partial charge in [0.15, 0.2) is 0 Å². The molecule has 0 aliphatic carbocycles. The first-order chi connectivity index (χ1) is 9.33. The van der Waals surface area contributed by atoms with Crippen molar-refractivity contribution >= 4 is 16.6 Å². The van der Waals surface area contributed by atoms with Crippen LogP contribution in [0.15, 0.2) is 18.2 Å². The number of hydrogen-bond acceptors (Lipinski definition) is 3. The average Bonchev–Trinajstić information content (AvgIpc) is 2.45. The van der Waals surface area contributed by atoms with Crippen LogP contribution in [0.3, 0.4) is 0 Å². The number of nitrogens with one attached hydrogen (secondary N) is 1. The quantitative estimate of drug-likeness (QED) is 0.915. The first-order valence-electron chi connectivity index (χ1n) is 7.03. The van der Waals surface area contributed by atoms with Crippen LogP contribution in [-0.2, 0) is 24.2 Å². The molecule has 3 heteroatoms. The molecule has 1 aromatic carbocycles. The zero-order chi connectivity index (χ0) is 13.2. The van der Waals surface area contributed by atoms with E-state index < -0.39 is 0 Å². The van der Waals surface area contributed by atoms with Crippen LogP contribution in [0.1, 0.15) is 30.2 Å². The van der Waals surface area contributed by atoms with E-state index in [1.54, 1.807) is 0 Å². The number of benzene rings is 1. The predicted octanol–water partition coefficient (Wildman–Crippen LogP) is 3.30. The Kier molecular flexibility index (Phi) is 3.38. The smallest absolute Gasteiger partial charge is 0.0755 e. The van der Waals surface area contributed by atoms with Crippen molar-refractivity contribution in [2.75, 3.05) is 19.0 Å². The number of hydrogen-bond donors (Lipinski definition) is 1. The lowest BCUT2D eigenvalue weighted by molar-refractivity contribution is 0.110. The lowest BCUT2D eigenvalue weighted by atomic mass is 10.0. The van der Waals surface area contributed by atoms with Crippen molar-refractivity contribution in [2.24, 2.45) is 0 Å². The second-order valence-electron chi connectivity index (χ2n) is 5.07. The maximum atomic E-state index is 5.59. The van der Waals surface area contributed by atoms with Crippen molar-refractivity contribution in [1.29, 1.82) is 0 Å². The minimum absolute atomic E-state index is 0.673. The Hall–Kier alpha value is -1.61. The van der Waals surface area contributed by atoms with Crippen LogP contribution in [0.5, 0.6) is 0 Å². The Morgan fingerprint density at radius 1 is 1.37 bits per heavy atom. The van der Waals surface area contributed by atoms with Gasteiger partial charge in [0.05, 0.1) is 30.1 Å². The zero-order valence-corrected chi connectivity index (χ0v) is 11.6. The minimum Gasteiger partial charge on any atom is -0.387 e. The Morgan fingerprint density at radius 3 is 3.05 bits per heavy atom. The minimum atomic E-state index is 0.673. The molecule has 2 heterocycles. The van der Waals surface area contributed by atoms with Gasteiger partial charge in [-0.15, -0.1) is 0 Å². The monoisotopic (exact) mass is 256 g/mol. The molecule has 0 unspecified atom stereocenters. The van der Waals surface area contributed by atoms with E-state index in [1.165, 1.54) is 34.3 Å². The largest absolute Gasteiger partial charge is 0.387 e. The number of aryl methyl sites for hydroxylation is 1. The van der Waals surface area contributed by atoms with Gasteiger partial charge in [-0.05, 0) is 24.1 Å². The van der Waals surface area contributed by atoms with Crippen LogP contribution in [0.25, 0.3) is 10.9 Å². The van der Waals surface area contributed by atoms with Crippen molar-refractivity contribution < 1.29 is 4.74 Å². The molecule has 1 N–H and O–H groups in total. The fraction of sp³-hybridized carbons (Fsp3) is 0.438. The van der Waals surface area contributed by atoms with Crippen LogP contribution < -0.4 is 5.32 Å². The summed E-state index contributed by atoms with van der Waals surface area (Å²) in [5.74, 6) is 0. The Bertz CT molecular complexity index is 607. The molecule has 1 aliphatic rings. The fourth-order valence-electron chi connectivity index (χ4n) is 2.84. The maximum Gasteiger partial charge on any atom is 0.0755 e. The molecule has 0 saturated heterocycles. The molecule has 0 atom stereocenters. The number of fused-ring (bicyclic) bond motifs is 2. The van der Waals surface area contributed by atoms with Crippen molar-refractivity contribution in [2.45, 2.75) is 32.8 Å². The fourth-order valence-corrected chi connectivity index (χ4v) is 2.84. The maximum absolute atomic E-state index is 5.59. The van der Waals surface area contributed by atoms with Gasteiger partial charge in [-0.25, -0.2) is 0 Å². The third-order valence-electron chi connectivity index (χ3n) is 3.75. The molecular formula is C16H20N2O. The number of ether oxygens (including phenoxy) is 1. The van der Waals surface area contributed by atoms with Crippen molar-refractivity contribution in [3.05, 3.63) is 35.0 Å². The standard InChI is InChI=1S/C16H20N2O/c1-3-4-11-5-6-14-12(9-11)16(17-2)13-10-19-8-7-15(13)18-14/h5-6,9H,3-4,7-8,10H2,1-2H3,(H,17,18). The lowest BCUT2D eigenvalue weighted by Crippen LogP contribution is -2.14. The van der Waals surface area contributed by atoms with Gasteiger partial charge in [0.25, 0.3) is 0 Å². The second-order valence-corrected chi connectivity index (χ2v) is 5.07. The number of aromatic nitrogens is 1. The van der Waals surface area contributed by atoms with Crippen LogP contribution in [0.4, 0.5) is 5.69 Å². The number of anilines is 1. The van der Waals surface area contributed by atoms with Gasteiger partial charge in [-0.1, -0.05) is 19.4 Å². The Morgan fingerprint density at radius 2 is 2.26 bits per heavy atom. The molecule has 0 spiro atoms. The normalized spacial score (nSPS) is 14.4. The van der Waals surface area contributed by atoms with Gasteiger partial charge in [-0.2, -0.15) is 0 Å². The second kappa shape index (κ2) is 5.17. The summed E-state index contributed by atoms with van der Waals surface area (Å²) >= 11 is 0. The highest BCUT2D eigenvalue weighted by atomic mass is 16.5. The number of nitrogens with zero attached hydrogens (tertiary/aromatic N) is 1. The van der Waals surface area contributed by atoms with E-state index in [0.29, 0.717) is 6.61 Å². The molecule has 0 fully saturated rings. The molecular weight excluding hydrogens is 236 g/mol. The van der Waals surface area contributed by atoms with Crippen molar-refractivity contribution in [3.63, 3.8) is 0 Å². The molecule has 19 heavy (non-hydrogen) atoms. The van der Waals surface area contributed by atoms with E-state index in [9.17, 15) is 0 Å². The van der Waals surface area contributed by atoms with E-state index in [1.807, 2.05) is 7.05 Å². The number of rotatable bonds is 3. The number of pyridine rings is 1. The summed E-state index contributed by atoms with van der Waals surface area (Å²) in [5.41, 5.74) is 6.08. The summed E-state index contributed by atoms with van der Waals surface area (Å²) in [5, 5.41) is 4.57. The van der Waals surface area contributed by atoms with E-state index in [-0.39, 0.29) is 0 Å². The summed E-state index contributed by atoms with van der Waals surface area (Å²) in [6.07, 6.45) is 3.20. The van der Waals surface area contributed by atoms with Crippen LogP contribution >= 0.6 is 0 Å². The molecule has 0 saturated carbocycles. The van der Waals surface area contributed by atoms with E-state index >= 15 is 0 Å². The highest BCUT2D eigenvalue weighted by Gasteiger charge is 2.17. The Labute approximate surface area is 114 Å². The van der Waals surface area contributed by atoms with Crippen molar-refractivity contribution in [1.82, 2.24) is 4.98 Å². The summed E-state index contributed by atoms with van der Waals surface area (Å²) in [6, 6.07) is 6.62. The first kappa shape index (κ1) is 12.4. The molecule has 1 aliphatic heterocycles. The molecule has 0 amide bonds. The molecule has 2 aromatic rings. The zero-order valence-electron chi connectivity index (χ0n) is 11.6. The highest BCUT2D eigenvalue weighted by molar-refractivity contribution is 5.94. The van der Waals surface area contributed by atoms with Crippen LogP contribution in [0, 0.1) is 0 Å². The van der Waals surface area contributed by atoms with E-state index in [4.69, 9.17) is 9.72 Å². The van der Waals surface area contributed by atoms with Crippen LogP contribution in [0.2, 0.25) is 0 Å². The molecule has 3 rings (SSSR count). The highest BCUT2D eigenvalue weighted by Crippen LogP contribution is 2.32. The lowest BCUT2D eigenvalue weighted by Gasteiger charge is -2.21. The van der Waals surface area contributed by atoms with E-state index in [2.05, 4.69) is 30.4 Å². The van der Waals surface area contributed by atoms with Gasteiger partial charge in [-0.3, -0.25) is 4.98 Å². The van der Waals surface area contributed by atoms with E-state index in [0.717, 1.165) is 25.0 Å².